The second-order valence-corrected chi connectivity index (χ2v) is 6.52. The van der Waals surface area contributed by atoms with Gasteiger partial charge in [0.15, 0.2) is 5.96 Å². The molecule has 0 amide bonds. The van der Waals surface area contributed by atoms with E-state index in [-0.39, 0.29) is 24.0 Å². The number of rotatable bonds is 6. The van der Waals surface area contributed by atoms with Crippen LogP contribution in [0.2, 0.25) is 0 Å². The first-order valence-corrected chi connectivity index (χ1v) is 9.02. The summed E-state index contributed by atoms with van der Waals surface area (Å²) in [7, 11) is 5.47. The molecule has 1 aromatic heterocycles. The van der Waals surface area contributed by atoms with Crippen LogP contribution in [0.5, 0.6) is 5.75 Å². The number of guanidine groups is 1. The topological polar surface area (TPSA) is 66.7 Å². The Labute approximate surface area is 178 Å². The maximum absolute atomic E-state index is 5.49. The van der Waals surface area contributed by atoms with Crippen molar-refractivity contribution in [3.63, 3.8) is 0 Å². The SMILES string of the molecule is CN=C(NCCc1cnn(C)c1)NC1CCN(c2ccccc2OC)C1.I. The number of aryl methyl sites for hydroxylation is 1. The van der Waals surface area contributed by atoms with Gasteiger partial charge in [-0.1, -0.05) is 12.1 Å². The van der Waals surface area contributed by atoms with Crippen molar-refractivity contribution >= 4 is 35.6 Å². The van der Waals surface area contributed by atoms with E-state index in [4.69, 9.17) is 4.74 Å². The van der Waals surface area contributed by atoms with E-state index in [2.05, 4.69) is 37.8 Å². The van der Waals surface area contributed by atoms with Crippen LogP contribution < -0.4 is 20.3 Å². The van der Waals surface area contributed by atoms with Gasteiger partial charge in [0, 0.05) is 46.0 Å². The lowest BCUT2D eigenvalue weighted by atomic mass is 10.2. The fourth-order valence-electron chi connectivity index (χ4n) is 3.30. The van der Waals surface area contributed by atoms with E-state index in [1.54, 1.807) is 7.11 Å². The van der Waals surface area contributed by atoms with Crippen molar-refractivity contribution in [1.29, 1.82) is 0 Å². The zero-order valence-corrected chi connectivity index (χ0v) is 18.5. The van der Waals surface area contributed by atoms with Crippen LogP contribution in [0.15, 0.2) is 41.7 Å². The molecule has 8 heteroatoms. The number of methoxy groups -OCH3 is 1. The molecule has 1 unspecified atom stereocenters. The first kappa shape index (κ1) is 21.3. The molecule has 1 aromatic carbocycles. The molecule has 1 aliphatic heterocycles. The van der Waals surface area contributed by atoms with Crippen molar-refractivity contribution in [2.24, 2.45) is 12.0 Å². The van der Waals surface area contributed by atoms with E-state index in [0.29, 0.717) is 6.04 Å². The predicted octanol–water partition coefficient (Wildman–Crippen LogP) is 2.03. The van der Waals surface area contributed by atoms with Crippen LogP contribution in [-0.4, -0.2) is 55.6 Å². The summed E-state index contributed by atoms with van der Waals surface area (Å²) in [6, 6.07) is 8.54. The Morgan fingerprint density at radius 1 is 1.37 bits per heavy atom. The van der Waals surface area contributed by atoms with Crippen molar-refractivity contribution in [2.75, 3.05) is 38.7 Å². The number of nitrogens with one attached hydrogen (secondary N) is 2. The lowest BCUT2D eigenvalue weighted by Crippen LogP contribution is -2.45. The highest BCUT2D eigenvalue weighted by Crippen LogP contribution is 2.30. The van der Waals surface area contributed by atoms with Crippen molar-refractivity contribution in [3.05, 3.63) is 42.2 Å². The zero-order chi connectivity index (χ0) is 18.4. The van der Waals surface area contributed by atoms with Crippen LogP contribution in [0.25, 0.3) is 0 Å². The minimum absolute atomic E-state index is 0. The van der Waals surface area contributed by atoms with Crippen LogP contribution in [0.3, 0.4) is 0 Å². The third-order valence-corrected chi connectivity index (χ3v) is 4.64. The Hall–Kier alpha value is -1.97. The van der Waals surface area contributed by atoms with Crippen molar-refractivity contribution in [2.45, 2.75) is 18.9 Å². The third-order valence-electron chi connectivity index (χ3n) is 4.64. The number of hydrogen-bond donors (Lipinski definition) is 2. The number of ether oxygens (including phenoxy) is 1. The Kier molecular flexibility index (Phi) is 8.21. The molecule has 1 aliphatic rings. The Morgan fingerprint density at radius 3 is 2.89 bits per heavy atom. The van der Waals surface area contributed by atoms with E-state index in [1.807, 2.05) is 43.3 Å². The standard InChI is InChI=1S/C19H28N6O.HI/c1-20-19(21-10-8-15-12-22-24(2)13-15)23-16-9-11-25(14-16)17-6-4-5-7-18(17)26-3;/h4-7,12-13,16H,8-11,14H2,1-3H3,(H2,20,21,23);1H. The molecule has 0 aliphatic carbocycles. The lowest BCUT2D eigenvalue weighted by molar-refractivity contribution is 0.415. The van der Waals surface area contributed by atoms with Crippen LogP contribution in [0.1, 0.15) is 12.0 Å². The Morgan fingerprint density at radius 2 is 2.19 bits per heavy atom. The fourth-order valence-corrected chi connectivity index (χ4v) is 3.30. The average Bonchev–Trinajstić information content (AvgIpc) is 3.29. The van der Waals surface area contributed by atoms with Gasteiger partial charge in [-0.25, -0.2) is 0 Å². The van der Waals surface area contributed by atoms with Crippen LogP contribution in [-0.2, 0) is 13.5 Å². The van der Waals surface area contributed by atoms with Crippen LogP contribution in [0, 0.1) is 0 Å². The molecule has 0 saturated carbocycles. The van der Waals surface area contributed by atoms with Gasteiger partial charge < -0.3 is 20.3 Å². The van der Waals surface area contributed by atoms with Gasteiger partial charge in [0.25, 0.3) is 0 Å². The highest BCUT2D eigenvalue weighted by atomic mass is 127. The molecule has 1 saturated heterocycles. The minimum Gasteiger partial charge on any atom is -0.495 e. The summed E-state index contributed by atoms with van der Waals surface area (Å²) in [6.45, 7) is 2.77. The van der Waals surface area contributed by atoms with Gasteiger partial charge in [-0.05, 0) is 30.5 Å². The van der Waals surface area contributed by atoms with Gasteiger partial charge in [0.2, 0.25) is 0 Å². The molecule has 148 valence electrons. The van der Waals surface area contributed by atoms with Gasteiger partial charge in [-0.3, -0.25) is 9.67 Å². The molecule has 7 nitrogen and oxygen atoms in total. The van der Waals surface area contributed by atoms with Gasteiger partial charge in [-0.15, -0.1) is 24.0 Å². The van der Waals surface area contributed by atoms with Gasteiger partial charge >= 0.3 is 0 Å². The molecular formula is C19H29IN6O. The summed E-state index contributed by atoms with van der Waals surface area (Å²) in [5.41, 5.74) is 2.37. The summed E-state index contributed by atoms with van der Waals surface area (Å²) < 4.78 is 7.31. The molecular weight excluding hydrogens is 455 g/mol. The first-order chi connectivity index (χ1) is 12.7. The maximum Gasteiger partial charge on any atom is 0.191 e. The molecule has 0 spiro atoms. The number of hydrogen-bond acceptors (Lipinski definition) is 4. The van der Waals surface area contributed by atoms with E-state index in [0.717, 1.165) is 49.9 Å². The molecule has 27 heavy (non-hydrogen) atoms. The third kappa shape index (κ3) is 5.75. The number of para-hydroxylation sites is 2. The maximum atomic E-state index is 5.49. The summed E-state index contributed by atoms with van der Waals surface area (Å²) in [5.74, 6) is 1.77. The lowest BCUT2D eigenvalue weighted by Gasteiger charge is -2.22. The molecule has 2 N–H and O–H groups in total. The number of aliphatic imine (C=N–C) groups is 1. The molecule has 0 radical (unpaired) electrons. The van der Waals surface area contributed by atoms with Crippen LogP contribution >= 0.6 is 24.0 Å². The number of nitrogens with zero attached hydrogens (tertiary/aromatic N) is 4. The van der Waals surface area contributed by atoms with E-state index >= 15 is 0 Å². The first-order valence-electron chi connectivity index (χ1n) is 9.02. The van der Waals surface area contributed by atoms with Gasteiger partial charge in [-0.2, -0.15) is 5.10 Å². The van der Waals surface area contributed by atoms with Crippen molar-refractivity contribution < 1.29 is 4.74 Å². The average molecular weight is 484 g/mol. The molecule has 0 bridgehead atoms. The second-order valence-electron chi connectivity index (χ2n) is 6.52. The van der Waals surface area contributed by atoms with E-state index < -0.39 is 0 Å². The molecule has 3 rings (SSSR count). The van der Waals surface area contributed by atoms with Crippen molar-refractivity contribution in [3.8, 4) is 5.75 Å². The number of benzene rings is 1. The minimum atomic E-state index is 0. The van der Waals surface area contributed by atoms with Crippen LogP contribution in [0.4, 0.5) is 5.69 Å². The zero-order valence-electron chi connectivity index (χ0n) is 16.2. The number of aromatic nitrogens is 2. The summed E-state index contributed by atoms with van der Waals surface area (Å²) in [5, 5.41) is 11.1. The van der Waals surface area contributed by atoms with Gasteiger partial charge in [0.1, 0.15) is 5.75 Å². The quantitative estimate of drug-likeness (QED) is 0.373. The van der Waals surface area contributed by atoms with Crippen molar-refractivity contribution in [1.82, 2.24) is 20.4 Å². The fraction of sp³-hybridized carbons (Fsp3) is 0.474. The Balaban J connectivity index is 0.00000261. The smallest absolute Gasteiger partial charge is 0.191 e. The second kappa shape index (κ2) is 10.4. The number of anilines is 1. The predicted molar refractivity (Wildman–Crippen MR) is 120 cm³/mol. The summed E-state index contributed by atoms with van der Waals surface area (Å²) in [6.07, 6.45) is 5.94. The largest absolute Gasteiger partial charge is 0.495 e. The number of halogens is 1. The van der Waals surface area contributed by atoms with E-state index in [1.165, 1.54) is 5.56 Å². The normalized spacial score (nSPS) is 16.8. The highest BCUT2D eigenvalue weighted by molar-refractivity contribution is 14.0. The Bertz CT molecular complexity index is 747. The molecule has 2 heterocycles. The molecule has 1 fully saturated rings. The summed E-state index contributed by atoms with van der Waals surface area (Å²) >= 11 is 0. The summed E-state index contributed by atoms with van der Waals surface area (Å²) in [4.78, 5) is 6.71. The molecule has 1 atom stereocenters. The highest BCUT2D eigenvalue weighted by Gasteiger charge is 2.25. The molecule has 2 aromatic rings. The van der Waals surface area contributed by atoms with Gasteiger partial charge in [0.05, 0.1) is 19.0 Å². The monoisotopic (exact) mass is 484 g/mol. The van der Waals surface area contributed by atoms with E-state index in [9.17, 15) is 0 Å².